The van der Waals surface area contributed by atoms with Crippen LogP contribution in [-0.4, -0.2) is 17.6 Å². The van der Waals surface area contributed by atoms with E-state index in [0.29, 0.717) is 0 Å². The normalized spacial score (nSPS) is 33.8. The minimum atomic E-state index is -0.0330. The predicted molar refractivity (Wildman–Crippen MR) is 46.6 cm³/mol. The van der Waals surface area contributed by atoms with Gasteiger partial charge in [-0.05, 0) is 32.6 Å². The minimum Gasteiger partial charge on any atom is -0.337 e. The molecule has 1 saturated carbocycles. The fourth-order valence-electron chi connectivity index (χ4n) is 2.28. The Kier molecular flexibility index (Phi) is 1.83. The highest BCUT2D eigenvalue weighted by Gasteiger charge is 2.41. The zero-order valence-electron chi connectivity index (χ0n) is 7.52. The minimum absolute atomic E-state index is 0.00287. The van der Waals surface area contributed by atoms with Gasteiger partial charge in [0.05, 0.1) is 11.7 Å². The molecule has 2 aliphatic rings. The van der Waals surface area contributed by atoms with Crippen molar-refractivity contribution in [2.24, 2.45) is 0 Å². The summed E-state index contributed by atoms with van der Waals surface area (Å²) in [7, 11) is 0. The maximum Gasteiger partial charge on any atom is 0.238 e. The third kappa shape index (κ3) is 1.22. The molecule has 1 atom stereocenters. The number of carbonyl (C=O) groups excluding carboxylic acids is 1. The second-order valence-corrected chi connectivity index (χ2v) is 4.00. The Hall–Kier alpha value is -0.570. The first-order chi connectivity index (χ1) is 5.72. The van der Waals surface area contributed by atoms with Gasteiger partial charge in [-0.2, -0.15) is 0 Å². The molecule has 1 saturated heterocycles. The maximum atomic E-state index is 11.3. The average molecular weight is 168 g/mol. The Morgan fingerprint density at radius 1 is 1.33 bits per heavy atom. The monoisotopic (exact) mass is 168 g/mol. The van der Waals surface area contributed by atoms with Gasteiger partial charge in [-0.1, -0.05) is 6.42 Å². The van der Waals surface area contributed by atoms with E-state index >= 15 is 0 Å². The highest BCUT2D eigenvalue weighted by molar-refractivity contribution is 5.84. The molecule has 2 N–H and O–H groups in total. The van der Waals surface area contributed by atoms with Crippen LogP contribution in [-0.2, 0) is 4.79 Å². The van der Waals surface area contributed by atoms with E-state index in [-0.39, 0.29) is 17.6 Å². The molecule has 1 aliphatic carbocycles. The van der Waals surface area contributed by atoms with Crippen LogP contribution in [0.25, 0.3) is 0 Å². The molecule has 0 radical (unpaired) electrons. The lowest BCUT2D eigenvalue weighted by atomic mass is 9.90. The lowest BCUT2D eigenvalue weighted by Gasteiger charge is -2.33. The number of hydrogen-bond acceptors (Lipinski definition) is 2. The van der Waals surface area contributed by atoms with Crippen LogP contribution in [0.15, 0.2) is 0 Å². The number of nitrogens with one attached hydrogen (secondary N) is 2. The van der Waals surface area contributed by atoms with Gasteiger partial charge in [0.2, 0.25) is 5.91 Å². The van der Waals surface area contributed by atoms with Crippen molar-refractivity contribution in [3.63, 3.8) is 0 Å². The predicted octanol–water partition coefficient (Wildman–Crippen LogP) is 0.755. The Labute approximate surface area is 72.9 Å². The number of hydrogen-bond donors (Lipinski definition) is 2. The highest BCUT2D eigenvalue weighted by atomic mass is 16.2. The molecule has 0 aromatic carbocycles. The van der Waals surface area contributed by atoms with Crippen molar-refractivity contribution < 1.29 is 4.79 Å². The average Bonchev–Trinajstić information content (AvgIpc) is 2.29. The smallest absolute Gasteiger partial charge is 0.238 e. The van der Waals surface area contributed by atoms with E-state index in [9.17, 15) is 4.79 Å². The van der Waals surface area contributed by atoms with Crippen molar-refractivity contribution >= 4 is 5.91 Å². The molecule has 3 nitrogen and oxygen atoms in total. The van der Waals surface area contributed by atoms with Crippen LogP contribution in [0, 0.1) is 0 Å². The van der Waals surface area contributed by atoms with E-state index in [1.807, 2.05) is 6.92 Å². The number of carbonyl (C=O) groups is 1. The van der Waals surface area contributed by atoms with Crippen LogP contribution in [0.3, 0.4) is 0 Å². The van der Waals surface area contributed by atoms with Crippen LogP contribution < -0.4 is 10.6 Å². The Bertz CT molecular complexity index is 197. The van der Waals surface area contributed by atoms with Gasteiger partial charge in [-0.25, -0.2) is 0 Å². The SMILES string of the molecule is CC1NC2(CCCCC2)NC1=O. The molecule has 1 spiro atoms. The summed E-state index contributed by atoms with van der Waals surface area (Å²) in [6.45, 7) is 1.93. The van der Waals surface area contributed by atoms with E-state index in [4.69, 9.17) is 0 Å². The lowest BCUT2D eigenvalue weighted by Crippen LogP contribution is -2.51. The van der Waals surface area contributed by atoms with Crippen LogP contribution in [0.4, 0.5) is 0 Å². The van der Waals surface area contributed by atoms with Crippen molar-refractivity contribution in [3.8, 4) is 0 Å². The van der Waals surface area contributed by atoms with Gasteiger partial charge in [0.25, 0.3) is 0 Å². The van der Waals surface area contributed by atoms with E-state index in [1.165, 1.54) is 19.3 Å². The van der Waals surface area contributed by atoms with Gasteiger partial charge in [-0.3, -0.25) is 10.1 Å². The lowest BCUT2D eigenvalue weighted by molar-refractivity contribution is -0.120. The molecule has 1 aliphatic heterocycles. The summed E-state index contributed by atoms with van der Waals surface area (Å²) in [4.78, 5) is 11.3. The molecule has 2 fully saturated rings. The molecule has 0 bridgehead atoms. The first kappa shape index (κ1) is 8.05. The molecular weight excluding hydrogens is 152 g/mol. The van der Waals surface area contributed by atoms with Gasteiger partial charge in [0.15, 0.2) is 0 Å². The summed E-state index contributed by atoms with van der Waals surface area (Å²) in [6, 6.07) is 0.00287. The molecule has 0 aromatic heterocycles. The largest absolute Gasteiger partial charge is 0.337 e. The molecule has 1 amide bonds. The summed E-state index contributed by atoms with van der Waals surface area (Å²) in [5.41, 5.74) is -0.0330. The first-order valence-corrected chi connectivity index (χ1v) is 4.82. The molecule has 0 aromatic rings. The summed E-state index contributed by atoms with van der Waals surface area (Å²) in [5, 5.41) is 6.43. The number of rotatable bonds is 0. The van der Waals surface area contributed by atoms with Crippen molar-refractivity contribution in [1.82, 2.24) is 10.6 Å². The fraction of sp³-hybridized carbons (Fsp3) is 0.889. The van der Waals surface area contributed by atoms with Crippen molar-refractivity contribution in [3.05, 3.63) is 0 Å². The van der Waals surface area contributed by atoms with E-state index < -0.39 is 0 Å². The van der Waals surface area contributed by atoms with Crippen LogP contribution in [0.5, 0.6) is 0 Å². The van der Waals surface area contributed by atoms with Crippen molar-refractivity contribution in [2.45, 2.75) is 50.7 Å². The van der Waals surface area contributed by atoms with Crippen LogP contribution >= 0.6 is 0 Å². The van der Waals surface area contributed by atoms with Crippen molar-refractivity contribution in [1.29, 1.82) is 0 Å². The van der Waals surface area contributed by atoms with E-state index in [1.54, 1.807) is 0 Å². The van der Waals surface area contributed by atoms with Gasteiger partial charge in [-0.15, -0.1) is 0 Å². The summed E-state index contributed by atoms with van der Waals surface area (Å²) >= 11 is 0. The van der Waals surface area contributed by atoms with Crippen LogP contribution in [0.1, 0.15) is 39.0 Å². The molecule has 3 heteroatoms. The van der Waals surface area contributed by atoms with E-state index in [0.717, 1.165) is 12.8 Å². The fourth-order valence-corrected chi connectivity index (χ4v) is 2.28. The Morgan fingerprint density at radius 3 is 2.50 bits per heavy atom. The third-order valence-corrected chi connectivity index (χ3v) is 2.96. The number of amides is 1. The van der Waals surface area contributed by atoms with Crippen molar-refractivity contribution in [2.75, 3.05) is 0 Å². The zero-order chi connectivity index (χ0) is 8.60. The Balaban J connectivity index is 2.07. The zero-order valence-corrected chi connectivity index (χ0v) is 7.52. The van der Waals surface area contributed by atoms with Gasteiger partial charge >= 0.3 is 0 Å². The van der Waals surface area contributed by atoms with Gasteiger partial charge in [0, 0.05) is 0 Å². The quantitative estimate of drug-likeness (QED) is 0.560. The molecule has 12 heavy (non-hydrogen) atoms. The molecular formula is C9H16N2O. The van der Waals surface area contributed by atoms with Crippen LogP contribution in [0.2, 0.25) is 0 Å². The summed E-state index contributed by atoms with van der Waals surface area (Å²) in [6.07, 6.45) is 5.99. The summed E-state index contributed by atoms with van der Waals surface area (Å²) in [5.74, 6) is 0.164. The third-order valence-electron chi connectivity index (χ3n) is 2.96. The van der Waals surface area contributed by atoms with Gasteiger partial charge < -0.3 is 5.32 Å². The molecule has 68 valence electrons. The topological polar surface area (TPSA) is 41.1 Å². The molecule has 1 heterocycles. The Morgan fingerprint density at radius 2 is 2.00 bits per heavy atom. The highest BCUT2D eigenvalue weighted by Crippen LogP contribution is 2.28. The van der Waals surface area contributed by atoms with E-state index in [2.05, 4.69) is 10.6 Å². The second kappa shape index (κ2) is 2.73. The van der Waals surface area contributed by atoms with Gasteiger partial charge in [0.1, 0.15) is 0 Å². The first-order valence-electron chi connectivity index (χ1n) is 4.82. The standard InChI is InChI=1S/C9H16N2O/c1-7-8(12)11-9(10-7)5-3-2-4-6-9/h7,10H,2-6H2,1H3,(H,11,12). The maximum absolute atomic E-state index is 11.3. The molecule has 1 unspecified atom stereocenters. The molecule has 2 rings (SSSR count). The summed E-state index contributed by atoms with van der Waals surface area (Å²) < 4.78 is 0. The second-order valence-electron chi connectivity index (χ2n) is 4.00.